The van der Waals surface area contributed by atoms with Crippen LogP contribution in [0.3, 0.4) is 0 Å². The molecule has 0 bridgehead atoms. The van der Waals surface area contributed by atoms with Crippen LogP contribution in [0.5, 0.6) is 0 Å². The third-order valence-electron chi connectivity index (χ3n) is 3.94. The number of aromatic nitrogens is 3. The van der Waals surface area contributed by atoms with E-state index in [2.05, 4.69) is 10.2 Å². The molecule has 1 unspecified atom stereocenters. The summed E-state index contributed by atoms with van der Waals surface area (Å²) in [5.74, 6) is -0.147. The summed E-state index contributed by atoms with van der Waals surface area (Å²) in [6.45, 7) is 5.58. The number of benzene rings is 1. The highest BCUT2D eigenvalue weighted by molar-refractivity contribution is 5.74. The first-order chi connectivity index (χ1) is 9.45. The summed E-state index contributed by atoms with van der Waals surface area (Å²) in [5, 5.41) is 17.5. The van der Waals surface area contributed by atoms with Gasteiger partial charge in [0.05, 0.1) is 5.41 Å². The SMILES string of the molecule is CC(C)C(C)(Cc1nncn1-c1ccccc1)C(=O)O. The Hall–Kier alpha value is -2.17. The van der Waals surface area contributed by atoms with Crippen LogP contribution in [-0.4, -0.2) is 25.8 Å². The smallest absolute Gasteiger partial charge is 0.310 e. The van der Waals surface area contributed by atoms with Gasteiger partial charge in [-0.25, -0.2) is 0 Å². The van der Waals surface area contributed by atoms with E-state index in [0.717, 1.165) is 5.69 Å². The molecule has 0 radical (unpaired) electrons. The van der Waals surface area contributed by atoms with E-state index in [9.17, 15) is 9.90 Å². The van der Waals surface area contributed by atoms with Gasteiger partial charge in [0.1, 0.15) is 12.2 Å². The van der Waals surface area contributed by atoms with Crippen molar-refractivity contribution in [2.45, 2.75) is 27.2 Å². The second-order valence-corrected chi connectivity index (χ2v) is 5.51. The number of carboxylic acid groups (broad SMARTS) is 1. The predicted octanol–water partition coefficient (Wildman–Crippen LogP) is 2.56. The highest BCUT2D eigenvalue weighted by atomic mass is 16.4. The van der Waals surface area contributed by atoms with Crippen LogP contribution in [0.1, 0.15) is 26.6 Å². The van der Waals surface area contributed by atoms with Crippen molar-refractivity contribution in [2.24, 2.45) is 11.3 Å². The first-order valence-corrected chi connectivity index (χ1v) is 6.63. The van der Waals surface area contributed by atoms with Crippen molar-refractivity contribution in [3.05, 3.63) is 42.5 Å². The van der Waals surface area contributed by atoms with Gasteiger partial charge in [-0.2, -0.15) is 0 Å². The van der Waals surface area contributed by atoms with Crippen molar-refractivity contribution >= 4 is 5.97 Å². The molecule has 1 aromatic heterocycles. The van der Waals surface area contributed by atoms with Crippen LogP contribution in [0, 0.1) is 11.3 Å². The Bertz CT molecular complexity index is 592. The van der Waals surface area contributed by atoms with Crippen molar-refractivity contribution in [1.82, 2.24) is 14.8 Å². The predicted molar refractivity (Wildman–Crippen MR) is 75.6 cm³/mol. The van der Waals surface area contributed by atoms with Gasteiger partial charge in [0.15, 0.2) is 0 Å². The summed E-state index contributed by atoms with van der Waals surface area (Å²) in [6.07, 6.45) is 1.96. The zero-order chi connectivity index (χ0) is 14.8. The number of nitrogens with zero attached hydrogens (tertiary/aromatic N) is 3. The summed E-state index contributed by atoms with van der Waals surface area (Å²) in [5.41, 5.74) is 0.0727. The highest BCUT2D eigenvalue weighted by Gasteiger charge is 2.38. The number of aliphatic carboxylic acids is 1. The lowest BCUT2D eigenvalue weighted by molar-refractivity contribution is -0.150. The van der Waals surface area contributed by atoms with E-state index in [4.69, 9.17) is 0 Å². The van der Waals surface area contributed by atoms with E-state index in [1.165, 1.54) is 0 Å². The van der Waals surface area contributed by atoms with Gasteiger partial charge in [0, 0.05) is 12.1 Å². The molecule has 0 fully saturated rings. The Balaban J connectivity index is 2.36. The molecular weight excluding hydrogens is 254 g/mol. The van der Waals surface area contributed by atoms with Crippen LogP contribution in [0.25, 0.3) is 5.69 Å². The quantitative estimate of drug-likeness (QED) is 0.909. The summed E-state index contributed by atoms with van der Waals surface area (Å²) in [6, 6.07) is 9.68. The molecular formula is C15H19N3O2. The zero-order valence-corrected chi connectivity index (χ0v) is 11.9. The third-order valence-corrected chi connectivity index (χ3v) is 3.94. The standard InChI is InChI=1S/C15H19N3O2/c1-11(2)15(3,14(19)20)9-13-17-16-10-18(13)12-7-5-4-6-8-12/h4-8,10-11H,9H2,1-3H3,(H,19,20). The highest BCUT2D eigenvalue weighted by Crippen LogP contribution is 2.31. The van der Waals surface area contributed by atoms with E-state index in [1.807, 2.05) is 48.7 Å². The van der Waals surface area contributed by atoms with Crippen molar-refractivity contribution in [3.63, 3.8) is 0 Å². The minimum absolute atomic E-state index is 0.000855. The van der Waals surface area contributed by atoms with Crippen LogP contribution in [0.15, 0.2) is 36.7 Å². The molecule has 0 spiro atoms. The van der Waals surface area contributed by atoms with Gasteiger partial charge in [-0.1, -0.05) is 32.0 Å². The molecule has 2 aromatic rings. The Kier molecular flexibility index (Phi) is 3.88. The fourth-order valence-corrected chi connectivity index (χ4v) is 2.04. The lowest BCUT2D eigenvalue weighted by Crippen LogP contribution is -2.36. The lowest BCUT2D eigenvalue weighted by atomic mass is 9.76. The molecule has 5 heteroatoms. The molecule has 0 aliphatic heterocycles. The molecule has 2 rings (SSSR count). The molecule has 0 amide bonds. The van der Waals surface area contributed by atoms with Crippen LogP contribution in [0.4, 0.5) is 0 Å². The van der Waals surface area contributed by atoms with E-state index in [-0.39, 0.29) is 5.92 Å². The largest absolute Gasteiger partial charge is 0.481 e. The molecule has 0 aliphatic rings. The number of hydrogen-bond acceptors (Lipinski definition) is 3. The number of para-hydroxylation sites is 1. The van der Waals surface area contributed by atoms with Gasteiger partial charge in [-0.15, -0.1) is 10.2 Å². The van der Waals surface area contributed by atoms with Gasteiger partial charge >= 0.3 is 5.97 Å². The van der Waals surface area contributed by atoms with Crippen LogP contribution < -0.4 is 0 Å². The first-order valence-electron chi connectivity index (χ1n) is 6.63. The van der Waals surface area contributed by atoms with Crippen LogP contribution in [-0.2, 0) is 11.2 Å². The number of hydrogen-bond donors (Lipinski definition) is 1. The van der Waals surface area contributed by atoms with Crippen molar-refractivity contribution < 1.29 is 9.90 Å². The summed E-state index contributed by atoms with van der Waals surface area (Å²) in [4.78, 5) is 11.6. The Labute approximate surface area is 118 Å². The van der Waals surface area contributed by atoms with Crippen molar-refractivity contribution in [2.75, 3.05) is 0 Å². The van der Waals surface area contributed by atoms with E-state index in [0.29, 0.717) is 12.2 Å². The lowest BCUT2D eigenvalue weighted by Gasteiger charge is -2.28. The Morgan fingerprint density at radius 2 is 2.00 bits per heavy atom. The molecule has 1 heterocycles. The third kappa shape index (κ3) is 2.57. The minimum Gasteiger partial charge on any atom is -0.481 e. The molecule has 1 aromatic carbocycles. The maximum atomic E-state index is 11.6. The molecule has 0 aliphatic carbocycles. The van der Waals surface area contributed by atoms with Gasteiger partial charge in [-0.3, -0.25) is 9.36 Å². The monoisotopic (exact) mass is 273 g/mol. The van der Waals surface area contributed by atoms with Gasteiger partial charge in [0.25, 0.3) is 0 Å². The number of rotatable bonds is 5. The van der Waals surface area contributed by atoms with Gasteiger partial charge < -0.3 is 5.11 Å². The molecule has 106 valence electrons. The van der Waals surface area contributed by atoms with E-state index in [1.54, 1.807) is 13.3 Å². The summed E-state index contributed by atoms with van der Waals surface area (Å²) in [7, 11) is 0. The van der Waals surface area contributed by atoms with Crippen molar-refractivity contribution in [1.29, 1.82) is 0 Å². The zero-order valence-electron chi connectivity index (χ0n) is 11.9. The van der Waals surface area contributed by atoms with Crippen molar-refractivity contribution in [3.8, 4) is 5.69 Å². The average Bonchev–Trinajstić information content (AvgIpc) is 2.87. The molecule has 0 saturated carbocycles. The number of carboxylic acids is 1. The normalized spacial score (nSPS) is 14.2. The van der Waals surface area contributed by atoms with Gasteiger partial charge in [0.2, 0.25) is 0 Å². The topological polar surface area (TPSA) is 68.0 Å². The second kappa shape index (κ2) is 5.45. The average molecular weight is 273 g/mol. The maximum Gasteiger partial charge on any atom is 0.310 e. The van der Waals surface area contributed by atoms with Crippen LogP contribution in [0.2, 0.25) is 0 Å². The Morgan fingerprint density at radius 3 is 2.55 bits per heavy atom. The fourth-order valence-electron chi connectivity index (χ4n) is 2.04. The molecule has 20 heavy (non-hydrogen) atoms. The molecule has 0 saturated heterocycles. The maximum absolute atomic E-state index is 11.6. The molecule has 5 nitrogen and oxygen atoms in total. The van der Waals surface area contributed by atoms with Gasteiger partial charge in [-0.05, 0) is 25.0 Å². The van der Waals surface area contributed by atoms with Crippen LogP contribution >= 0.6 is 0 Å². The summed E-state index contributed by atoms with van der Waals surface area (Å²) < 4.78 is 1.84. The number of carbonyl (C=O) groups is 1. The Morgan fingerprint density at radius 1 is 1.35 bits per heavy atom. The second-order valence-electron chi connectivity index (χ2n) is 5.51. The first kappa shape index (κ1) is 14.2. The molecule has 1 N–H and O–H groups in total. The fraction of sp³-hybridized carbons (Fsp3) is 0.400. The summed E-state index contributed by atoms with van der Waals surface area (Å²) >= 11 is 0. The van der Waals surface area contributed by atoms with E-state index < -0.39 is 11.4 Å². The van der Waals surface area contributed by atoms with E-state index >= 15 is 0 Å². The minimum atomic E-state index is -0.862. The molecule has 1 atom stereocenters.